The molecule has 1 aromatic heterocycles. The maximum atomic E-state index is 12.4. The Morgan fingerprint density at radius 2 is 2.03 bits per heavy atom. The van der Waals surface area contributed by atoms with Crippen molar-refractivity contribution in [3.63, 3.8) is 0 Å². The highest BCUT2D eigenvalue weighted by atomic mass is 16.5. The maximum Gasteiger partial charge on any atom is 0.231 e. The molecule has 0 aliphatic carbocycles. The summed E-state index contributed by atoms with van der Waals surface area (Å²) in [4.78, 5) is 16.7. The predicted molar refractivity (Wildman–Crippen MR) is 131 cm³/mol. The minimum atomic E-state index is -0.222. The van der Waals surface area contributed by atoms with Crippen LogP contribution < -0.4 is 16.8 Å². The lowest BCUT2D eigenvalue weighted by atomic mass is 9.91. The van der Waals surface area contributed by atoms with Crippen LogP contribution in [0.2, 0.25) is 0 Å². The molecule has 180 valence electrons. The number of nitrogens with two attached hydrogens (primary N) is 2. The first-order chi connectivity index (χ1) is 16.1. The molecule has 0 radical (unpaired) electrons. The molecule has 0 spiro atoms. The minimum Gasteiger partial charge on any atom is -0.397 e. The number of anilines is 1. The summed E-state index contributed by atoms with van der Waals surface area (Å²) in [7, 11) is 0. The molecule has 1 aliphatic heterocycles. The summed E-state index contributed by atoms with van der Waals surface area (Å²) in [5.74, 6) is 0.533. The Balaban J connectivity index is 1.61. The minimum absolute atomic E-state index is 0.0725. The Morgan fingerprint density at radius 1 is 1.29 bits per heavy atom. The van der Waals surface area contributed by atoms with E-state index in [9.17, 15) is 10.1 Å². The van der Waals surface area contributed by atoms with Crippen LogP contribution in [0.15, 0.2) is 45.4 Å². The van der Waals surface area contributed by atoms with Crippen LogP contribution in [0.25, 0.3) is 5.70 Å². The van der Waals surface area contributed by atoms with E-state index in [4.69, 9.17) is 20.7 Å². The second-order valence-electron chi connectivity index (χ2n) is 9.70. The quantitative estimate of drug-likeness (QED) is 0.308. The van der Waals surface area contributed by atoms with Gasteiger partial charge in [0.25, 0.3) is 0 Å². The summed E-state index contributed by atoms with van der Waals surface area (Å²) < 4.78 is 10.6. The fourth-order valence-electron chi connectivity index (χ4n) is 3.60. The summed E-state index contributed by atoms with van der Waals surface area (Å²) in [6, 6.07) is 10.9. The summed E-state index contributed by atoms with van der Waals surface area (Å²) in [5.41, 5.74) is 14.9. The highest BCUT2D eigenvalue weighted by molar-refractivity contribution is 6.07. The van der Waals surface area contributed by atoms with Crippen molar-refractivity contribution >= 4 is 23.3 Å². The molecule has 5 N–H and O–H groups in total. The number of nitriles is 1. The van der Waals surface area contributed by atoms with Crippen LogP contribution in [0, 0.1) is 22.7 Å². The van der Waals surface area contributed by atoms with E-state index in [1.807, 2.05) is 0 Å². The van der Waals surface area contributed by atoms with E-state index in [-0.39, 0.29) is 34.8 Å². The molecule has 1 atom stereocenters. The van der Waals surface area contributed by atoms with Crippen molar-refractivity contribution in [1.29, 1.82) is 5.26 Å². The Kier molecular flexibility index (Phi) is 8.08. The molecule has 2 heterocycles. The van der Waals surface area contributed by atoms with Gasteiger partial charge in [0, 0.05) is 25.1 Å². The molecule has 1 aliphatic rings. The molecule has 1 saturated heterocycles. The maximum absolute atomic E-state index is 12.4. The van der Waals surface area contributed by atoms with Crippen molar-refractivity contribution in [2.75, 3.05) is 25.1 Å². The summed E-state index contributed by atoms with van der Waals surface area (Å²) in [6.45, 7) is 8.21. The second-order valence-corrected chi connectivity index (χ2v) is 9.70. The zero-order valence-corrected chi connectivity index (χ0v) is 19.9. The first kappa shape index (κ1) is 25.0. The van der Waals surface area contributed by atoms with Crippen LogP contribution in [0.4, 0.5) is 5.88 Å². The molecule has 9 nitrogen and oxygen atoms in total. The number of benzene rings is 1. The van der Waals surface area contributed by atoms with Gasteiger partial charge in [0.2, 0.25) is 11.8 Å². The van der Waals surface area contributed by atoms with Crippen molar-refractivity contribution in [1.82, 2.24) is 5.16 Å². The third kappa shape index (κ3) is 7.18. The van der Waals surface area contributed by atoms with Gasteiger partial charge in [-0.3, -0.25) is 15.1 Å². The number of carbonyl (C=O) groups excluding carboxylic acids is 1. The predicted octanol–water partition coefficient (Wildman–Crippen LogP) is 3.03. The summed E-state index contributed by atoms with van der Waals surface area (Å²) in [5, 5.41) is 16.3. The van der Waals surface area contributed by atoms with Crippen LogP contribution in [-0.2, 0) is 22.4 Å². The number of nitrogens with zero attached hydrogens (tertiary/aromatic N) is 3. The second kappa shape index (κ2) is 11.0. The van der Waals surface area contributed by atoms with Gasteiger partial charge in [-0.15, -0.1) is 0 Å². The molecule has 34 heavy (non-hydrogen) atoms. The van der Waals surface area contributed by atoms with Gasteiger partial charge in [0.15, 0.2) is 0 Å². The van der Waals surface area contributed by atoms with Gasteiger partial charge in [0.1, 0.15) is 17.5 Å². The van der Waals surface area contributed by atoms with Crippen LogP contribution in [0.1, 0.15) is 44.0 Å². The van der Waals surface area contributed by atoms with Gasteiger partial charge in [-0.2, -0.15) is 5.26 Å². The molecule has 9 heteroatoms. The lowest BCUT2D eigenvalue weighted by Gasteiger charge is -2.14. The van der Waals surface area contributed by atoms with Crippen molar-refractivity contribution in [3.8, 4) is 6.07 Å². The molecule has 0 bridgehead atoms. The van der Waals surface area contributed by atoms with Crippen molar-refractivity contribution < 1.29 is 14.1 Å². The zero-order chi connectivity index (χ0) is 24.7. The van der Waals surface area contributed by atoms with E-state index in [1.165, 1.54) is 0 Å². The number of hydrogen-bond donors (Lipinski definition) is 3. The monoisotopic (exact) mass is 464 g/mol. The van der Waals surface area contributed by atoms with Gasteiger partial charge in [-0.1, -0.05) is 50.2 Å². The lowest BCUT2D eigenvalue weighted by molar-refractivity contribution is -0.115. The van der Waals surface area contributed by atoms with E-state index in [0.29, 0.717) is 30.5 Å². The Labute approximate surface area is 199 Å². The van der Waals surface area contributed by atoms with E-state index < -0.39 is 0 Å². The first-order valence-electron chi connectivity index (χ1n) is 11.3. The summed E-state index contributed by atoms with van der Waals surface area (Å²) >= 11 is 0. The molecule has 0 saturated carbocycles. The molecule has 1 amide bonds. The number of carbonyl (C=O) groups is 1. The number of amides is 1. The molecular formula is C25H32N6O3. The van der Waals surface area contributed by atoms with Crippen LogP contribution in [-0.4, -0.2) is 36.7 Å². The molecule has 3 rings (SSSR count). The van der Waals surface area contributed by atoms with Crippen molar-refractivity contribution in [2.45, 2.75) is 40.0 Å². The number of aromatic nitrogens is 1. The lowest BCUT2D eigenvalue weighted by Crippen LogP contribution is -2.20. The van der Waals surface area contributed by atoms with Gasteiger partial charge < -0.3 is 20.7 Å². The number of aliphatic imine (C=N–C) groups is 1. The third-order valence-corrected chi connectivity index (χ3v) is 5.34. The fourth-order valence-corrected chi connectivity index (χ4v) is 3.60. The van der Waals surface area contributed by atoms with Crippen molar-refractivity contribution in [3.05, 3.63) is 52.7 Å². The Bertz CT molecular complexity index is 1100. The van der Waals surface area contributed by atoms with Crippen LogP contribution in [0.3, 0.4) is 0 Å². The van der Waals surface area contributed by atoms with Gasteiger partial charge in [-0.25, -0.2) is 0 Å². The zero-order valence-electron chi connectivity index (χ0n) is 19.9. The van der Waals surface area contributed by atoms with Crippen molar-refractivity contribution in [2.24, 2.45) is 27.8 Å². The average Bonchev–Trinajstić information content (AvgIpc) is 3.44. The van der Waals surface area contributed by atoms with E-state index in [0.717, 1.165) is 30.7 Å². The molecule has 1 fully saturated rings. The molecule has 2 aromatic rings. The number of ether oxygens (including phenoxy) is 1. The molecular weight excluding hydrogens is 432 g/mol. The molecule has 1 unspecified atom stereocenters. The van der Waals surface area contributed by atoms with E-state index in [2.05, 4.69) is 42.3 Å². The number of rotatable bonds is 8. The number of hydrogen-bond acceptors (Lipinski definition) is 7. The van der Waals surface area contributed by atoms with Gasteiger partial charge >= 0.3 is 0 Å². The fraction of sp³-hybridized carbons (Fsp3) is 0.440. The first-order valence-corrected chi connectivity index (χ1v) is 11.3. The smallest absolute Gasteiger partial charge is 0.231 e. The standard InChI is InChI=1S/C25H32N6O3/c1-25(2,3)12-19-11-22(34-31-19)30-21(32)10-16-4-6-18(7-5-16)23(27)20(13-26)24(28)29-14-17-8-9-33-15-17/h4-7,11,17H,8-10,12,14-15,27H2,1-3H3,(H2,28,29)(H,30,32)/b23-20-. The number of amidine groups is 1. The SMILES string of the molecule is CC(C)(C)Cc1cc(NC(=O)Cc2ccc(/C(N)=C(\C#N)C(N)=NCC3CCOC3)cc2)on1. The van der Waals surface area contributed by atoms with Crippen LogP contribution in [0.5, 0.6) is 0 Å². The third-order valence-electron chi connectivity index (χ3n) is 5.34. The normalized spacial score (nSPS) is 17.2. The highest BCUT2D eigenvalue weighted by Gasteiger charge is 2.17. The largest absolute Gasteiger partial charge is 0.397 e. The van der Waals surface area contributed by atoms with Crippen LogP contribution >= 0.6 is 0 Å². The van der Waals surface area contributed by atoms with Gasteiger partial charge in [-0.05, 0) is 29.4 Å². The summed E-state index contributed by atoms with van der Waals surface area (Å²) in [6.07, 6.45) is 1.83. The van der Waals surface area contributed by atoms with E-state index >= 15 is 0 Å². The highest BCUT2D eigenvalue weighted by Crippen LogP contribution is 2.22. The Morgan fingerprint density at radius 3 is 2.65 bits per heavy atom. The van der Waals surface area contributed by atoms with E-state index in [1.54, 1.807) is 30.3 Å². The number of nitrogens with one attached hydrogen (secondary N) is 1. The van der Waals surface area contributed by atoms with Gasteiger partial charge in [0.05, 0.1) is 24.4 Å². The molecule has 1 aromatic carbocycles. The Hall–Kier alpha value is -3.64. The average molecular weight is 465 g/mol. The topological polar surface area (TPSA) is 153 Å².